The number of aliphatic carboxylic acids is 1. The maximum absolute atomic E-state index is 13.2. The number of rotatable bonds is 7. The predicted octanol–water partition coefficient (Wildman–Crippen LogP) is 3.98. The molecule has 0 spiro atoms. The number of furan rings is 1. The summed E-state index contributed by atoms with van der Waals surface area (Å²) in [6.45, 7) is 6.13. The fourth-order valence-electron chi connectivity index (χ4n) is 2.49. The summed E-state index contributed by atoms with van der Waals surface area (Å²) in [4.78, 5) is 11.2. The van der Waals surface area contributed by atoms with E-state index >= 15 is 0 Å². The maximum atomic E-state index is 13.2. The Morgan fingerprint density at radius 2 is 2.04 bits per heavy atom. The van der Waals surface area contributed by atoms with Crippen LogP contribution in [-0.4, -0.2) is 17.1 Å². The van der Waals surface area contributed by atoms with Gasteiger partial charge >= 0.3 is 5.97 Å². The van der Waals surface area contributed by atoms with Gasteiger partial charge in [-0.05, 0) is 55.2 Å². The van der Waals surface area contributed by atoms with Gasteiger partial charge in [0.15, 0.2) is 0 Å². The van der Waals surface area contributed by atoms with E-state index in [1.807, 2.05) is 26.8 Å². The summed E-state index contributed by atoms with van der Waals surface area (Å²) in [6.07, 6.45) is 0.556. The first-order chi connectivity index (χ1) is 10.9. The zero-order valence-corrected chi connectivity index (χ0v) is 13.6. The zero-order valence-electron chi connectivity index (χ0n) is 13.6. The van der Waals surface area contributed by atoms with Gasteiger partial charge in [0.25, 0.3) is 0 Å². The average Bonchev–Trinajstić information content (AvgIpc) is 2.91. The normalized spacial score (nSPS) is 12.6. The Morgan fingerprint density at radius 3 is 2.65 bits per heavy atom. The van der Waals surface area contributed by atoms with Crippen molar-refractivity contribution in [1.82, 2.24) is 5.32 Å². The van der Waals surface area contributed by atoms with E-state index < -0.39 is 12.0 Å². The minimum absolute atomic E-state index is 0.280. The Balaban J connectivity index is 2.06. The summed E-state index contributed by atoms with van der Waals surface area (Å²) < 4.78 is 18.9. The van der Waals surface area contributed by atoms with Crippen molar-refractivity contribution in [3.8, 4) is 11.3 Å². The van der Waals surface area contributed by atoms with Gasteiger partial charge in [-0.15, -0.1) is 0 Å². The molecule has 2 aromatic rings. The van der Waals surface area contributed by atoms with Crippen molar-refractivity contribution >= 4 is 5.97 Å². The van der Waals surface area contributed by atoms with Crippen LogP contribution in [0.4, 0.5) is 4.39 Å². The molecular formula is C18H22FNO3. The highest BCUT2D eigenvalue weighted by Gasteiger charge is 2.18. The molecule has 5 heteroatoms. The van der Waals surface area contributed by atoms with Gasteiger partial charge in [-0.25, -0.2) is 4.39 Å². The van der Waals surface area contributed by atoms with Gasteiger partial charge in [0.2, 0.25) is 0 Å². The molecule has 2 rings (SSSR count). The summed E-state index contributed by atoms with van der Waals surface area (Å²) >= 11 is 0. The highest BCUT2D eigenvalue weighted by Crippen LogP contribution is 2.26. The predicted molar refractivity (Wildman–Crippen MR) is 86.6 cm³/mol. The zero-order chi connectivity index (χ0) is 17.0. The van der Waals surface area contributed by atoms with E-state index in [2.05, 4.69) is 5.32 Å². The number of carbonyl (C=O) groups is 1. The molecule has 0 saturated carbocycles. The molecule has 1 unspecified atom stereocenters. The molecule has 0 aliphatic rings. The van der Waals surface area contributed by atoms with Crippen molar-refractivity contribution in [1.29, 1.82) is 0 Å². The van der Waals surface area contributed by atoms with Crippen LogP contribution in [0.15, 0.2) is 34.7 Å². The van der Waals surface area contributed by atoms with E-state index in [4.69, 9.17) is 4.42 Å². The molecule has 2 N–H and O–H groups in total. The lowest BCUT2D eigenvalue weighted by molar-refractivity contribution is -0.140. The van der Waals surface area contributed by atoms with E-state index in [0.717, 1.165) is 11.1 Å². The lowest BCUT2D eigenvalue weighted by Gasteiger charge is -2.15. The van der Waals surface area contributed by atoms with Crippen LogP contribution >= 0.6 is 0 Å². The first-order valence-corrected chi connectivity index (χ1v) is 7.68. The Bertz CT molecular complexity index is 679. The number of carboxylic acids is 1. The van der Waals surface area contributed by atoms with Gasteiger partial charge in [-0.2, -0.15) is 0 Å². The number of aryl methyl sites for hydroxylation is 1. The van der Waals surface area contributed by atoms with Crippen LogP contribution in [0, 0.1) is 18.7 Å². The lowest BCUT2D eigenvalue weighted by atomic mass is 10.0. The minimum Gasteiger partial charge on any atom is -0.480 e. The molecule has 0 saturated heterocycles. The van der Waals surface area contributed by atoms with E-state index in [9.17, 15) is 14.3 Å². The molecule has 23 heavy (non-hydrogen) atoms. The number of hydrogen-bond donors (Lipinski definition) is 2. The second-order valence-electron chi connectivity index (χ2n) is 6.13. The van der Waals surface area contributed by atoms with E-state index in [1.165, 1.54) is 12.1 Å². The quantitative estimate of drug-likeness (QED) is 0.810. The van der Waals surface area contributed by atoms with Crippen molar-refractivity contribution in [2.75, 3.05) is 0 Å². The number of hydrogen-bond acceptors (Lipinski definition) is 3. The number of nitrogens with one attached hydrogen (secondary N) is 1. The van der Waals surface area contributed by atoms with Crippen LogP contribution in [0.3, 0.4) is 0 Å². The topological polar surface area (TPSA) is 62.5 Å². The second-order valence-corrected chi connectivity index (χ2v) is 6.13. The number of halogens is 1. The largest absolute Gasteiger partial charge is 0.480 e. The van der Waals surface area contributed by atoms with Crippen LogP contribution in [0.5, 0.6) is 0 Å². The third-order valence-electron chi connectivity index (χ3n) is 3.64. The van der Waals surface area contributed by atoms with E-state index in [1.54, 1.807) is 12.1 Å². The molecular weight excluding hydrogens is 297 g/mol. The van der Waals surface area contributed by atoms with Crippen LogP contribution < -0.4 is 5.32 Å². The monoisotopic (exact) mass is 319 g/mol. The molecule has 0 aliphatic carbocycles. The van der Waals surface area contributed by atoms with Crippen molar-refractivity contribution in [3.63, 3.8) is 0 Å². The standard InChI is InChI=1S/C18H22FNO3/c1-11(2)8-16(18(21)22)20-10-14-5-7-17(23-14)15-6-4-13(19)9-12(15)3/h4-7,9,11,16,20H,8,10H2,1-3H3,(H,21,22). The smallest absolute Gasteiger partial charge is 0.320 e. The first kappa shape index (κ1) is 17.2. The summed E-state index contributed by atoms with van der Waals surface area (Å²) in [5, 5.41) is 12.2. The lowest BCUT2D eigenvalue weighted by Crippen LogP contribution is -2.37. The van der Waals surface area contributed by atoms with Crippen molar-refractivity contribution in [3.05, 3.63) is 47.5 Å². The van der Waals surface area contributed by atoms with Crippen LogP contribution in [0.2, 0.25) is 0 Å². The van der Waals surface area contributed by atoms with Gasteiger partial charge in [-0.3, -0.25) is 10.1 Å². The van der Waals surface area contributed by atoms with Crippen molar-refractivity contribution in [2.45, 2.75) is 39.8 Å². The molecule has 1 aromatic carbocycles. The molecule has 1 aromatic heterocycles. The fourth-order valence-corrected chi connectivity index (χ4v) is 2.49. The van der Waals surface area contributed by atoms with Gasteiger partial charge in [0.1, 0.15) is 23.4 Å². The summed E-state index contributed by atoms with van der Waals surface area (Å²) in [5.41, 5.74) is 1.62. The molecule has 0 bridgehead atoms. The molecule has 1 atom stereocenters. The van der Waals surface area contributed by atoms with Crippen LogP contribution in [0.25, 0.3) is 11.3 Å². The molecule has 4 nitrogen and oxygen atoms in total. The van der Waals surface area contributed by atoms with Crippen LogP contribution in [-0.2, 0) is 11.3 Å². The van der Waals surface area contributed by atoms with E-state index in [0.29, 0.717) is 24.5 Å². The molecule has 124 valence electrons. The molecule has 0 radical (unpaired) electrons. The molecule has 1 heterocycles. The maximum Gasteiger partial charge on any atom is 0.320 e. The summed E-state index contributed by atoms with van der Waals surface area (Å²) in [6, 6.07) is 7.55. The Hall–Kier alpha value is -2.14. The van der Waals surface area contributed by atoms with Gasteiger partial charge in [0.05, 0.1) is 6.54 Å². The summed E-state index contributed by atoms with van der Waals surface area (Å²) in [7, 11) is 0. The van der Waals surface area contributed by atoms with E-state index in [-0.39, 0.29) is 11.7 Å². The minimum atomic E-state index is -0.861. The Labute approximate surface area is 135 Å². The van der Waals surface area contributed by atoms with Crippen LogP contribution in [0.1, 0.15) is 31.6 Å². The SMILES string of the molecule is Cc1cc(F)ccc1-c1ccc(CNC(CC(C)C)C(=O)O)o1. The fraction of sp³-hybridized carbons (Fsp3) is 0.389. The molecule has 0 aliphatic heterocycles. The Kier molecular flexibility index (Phi) is 5.55. The third kappa shape index (κ3) is 4.66. The highest BCUT2D eigenvalue weighted by molar-refractivity contribution is 5.73. The van der Waals surface area contributed by atoms with Gasteiger partial charge < -0.3 is 9.52 Å². The molecule has 0 fully saturated rings. The number of carboxylic acid groups (broad SMARTS) is 1. The van der Waals surface area contributed by atoms with Gasteiger partial charge in [-0.1, -0.05) is 13.8 Å². The number of benzene rings is 1. The Morgan fingerprint density at radius 1 is 1.30 bits per heavy atom. The molecule has 0 amide bonds. The highest BCUT2D eigenvalue weighted by atomic mass is 19.1. The first-order valence-electron chi connectivity index (χ1n) is 7.68. The van der Waals surface area contributed by atoms with Gasteiger partial charge in [0, 0.05) is 5.56 Å². The average molecular weight is 319 g/mol. The second kappa shape index (κ2) is 7.42. The summed E-state index contributed by atoms with van der Waals surface area (Å²) in [5.74, 6) is 0.448. The third-order valence-corrected chi connectivity index (χ3v) is 3.64. The van der Waals surface area contributed by atoms with Crippen molar-refractivity contribution in [2.24, 2.45) is 5.92 Å². The van der Waals surface area contributed by atoms with Crippen molar-refractivity contribution < 1.29 is 18.7 Å².